The normalized spacial score (nSPS) is 17.3. The van der Waals surface area contributed by atoms with E-state index < -0.39 is 0 Å². The Balaban J connectivity index is 1.37. The van der Waals surface area contributed by atoms with Gasteiger partial charge in [0.1, 0.15) is 5.82 Å². The van der Waals surface area contributed by atoms with E-state index in [-0.39, 0.29) is 11.9 Å². The van der Waals surface area contributed by atoms with Gasteiger partial charge in [-0.25, -0.2) is 4.98 Å². The second-order valence-electron chi connectivity index (χ2n) is 6.22. The van der Waals surface area contributed by atoms with Gasteiger partial charge in [-0.2, -0.15) is 0 Å². The van der Waals surface area contributed by atoms with E-state index in [1.54, 1.807) is 6.20 Å². The number of hydrogen-bond donors (Lipinski definition) is 2. The number of fused-ring (bicyclic) bond motifs is 1. The molecular weight excluding hydrogens is 300 g/mol. The van der Waals surface area contributed by atoms with Crippen LogP contribution in [0.3, 0.4) is 0 Å². The maximum Gasteiger partial charge on any atom is 0.224 e. The van der Waals surface area contributed by atoms with E-state index in [9.17, 15) is 4.79 Å². The summed E-state index contributed by atoms with van der Waals surface area (Å²) in [6.07, 6.45) is 5.09. The molecule has 3 aromatic rings. The Bertz CT molecular complexity index is 843. The first-order valence-electron chi connectivity index (χ1n) is 8.30. The van der Waals surface area contributed by atoms with Gasteiger partial charge in [-0.3, -0.25) is 4.79 Å². The van der Waals surface area contributed by atoms with Crippen LogP contribution in [0.25, 0.3) is 10.9 Å². The van der Waals surface area contributed by atoms with Gasteiger partial charge in [0.05, 0.1) is 6.42 Å². The van der Waals surface area contributed by atoms with Crippen molar-refractivity contribution in [3.63, 3.8) is 0 Å². The molecule has 1 unspecified atom stereocenters. The smallest absolute Gasteiger partial charge is 0.224 e. The summed E-state index contributed by atoms with van der Waals surface area (Å²) in [5, 5.41) is 4.28. The van der Waals surface area contributed by atoms with Gasteiger partial charge in [-0.1, -0.05) is 24.3 Å². The molecule has 0 saturated carbocycles. The summed E-state index contributed by atoms with van der Waals surface area (Å²) < 4.78 is 0. The number of nitrogens with one attached hydrogen (secondary N) is 2. The topological polar surface area (TPSA) is 61.0 Å². The van der Waals surface area contributed by atoms with Crippen molar-refractivity contribution in [3.05, 3.63) is 60.4 Å². The van der Waals surface area contributed by atoms with Crippen molar-refractivity contribution in [2.75, 3.05) is 18.0 Å². The number of amides is 1. The number of para-hydroxylation sites is 1. The highest BCUT2D eigenvalue weighted by Crippen LogP contribution is 2.19. The van der Waals surface area contributed by atoms with Gasteiger partial charge in [0.2, 0.25) is 5.91 Å². The third kappa shape index (κ3) is 2.97. The highest BCUT2D eigenvalue weighted by atomic mass is 16.1. The van der Waals surface area contributed by atoms with Crippen molar-refractivity contribution in [3.8, 4) is 0 Å². The first kappa shape index (κ1) is 14.8. The lowest BCUT2D eigenvalue weighted by Crippen LogP contribution is -2.38. The summed E-state index contributed by atoms with van der Waals surface area (Å²) in [5.74, 6) is 1.05. The second-order valence-corrected chi connectivity index (χ2v) is 6.22. The number of H-pyrrole nitrogens is 1. The molecule has 1 saturated heterocycles. The minimum Gasteiger partial charge on any atom is -0.361 e. The van der Waals surface area contributed by atoms with Crippen LogP contribution in [0.4, 0.5) is 5.82 Å². The molecule has 1 amide bonds. The van der Waals surface area contributed by atoms with Gasteiger partial charge >= 0.3 is 0 Å². The fourth-order valence-corrected chi connectivity index (χ4v) is 3.36. The number of carbonyl (C=O) groups is 1. The zero-order valence-corrected chi connectivity index (χ0v) is 13.4. The quantitative estimate of drug-likeness (QED) is 0.776. The maximum absolute atomic E-state index is 12.4. The molecule has 1 aliphatic rings. The lowest BCUT2D eigenvalue weighted by atomic mass is 10.1. The molecule has 0 aliphatic carbocycles. The molecule has 1 atom stereocenters. The van der Waals surface area contributed by atoms with Crippen LogP contribution in [0.15, 0.2) is 54.9 Å². The summed E-state index contributed by atoms with van der Waals surface area (Å²) in [7, 11) is 0. The Labute approximate surface area is 140 Å². The Morgan fingerprint density at radius 2 is 2.12 bits per heavy atom. The standard InChI is InChI=1S/C19H20N4O/c24-19(11-14-12-21-17-6-2-1-5-16(14)17)22-15-8-10-23(13-15)18-7-3-4-9-20-18/h1-7,9,12,15,21H,8,10-11,13H2,(H,22,24). The molecule has 3 heterocycles. The Morgan fingerprint density at radius 1 is 1.25 bits per heavy atom. The number of pyridine rings is 1. The molecule has 0 bridgehead atoms. The first-order valence-corrected chi connectivity index (χ1v) is 8.30. The fourth-order valence-electron chi connectivity index (χ4n) is 3.36. The molecule has 1 aliphatic heterocycles. The number of aromatic amines is 1. The number of hydrogen-bond acceptors (Lipinski definition) is 3. The summed E-state index contributed by atoms with van der Waals surface area (Å²) >= 11 is 0. The van der Waals surface area contributed by atoms with Crippen LogP contribution in [0, 0.1) is 0 Å². The average molecular weight is 320 g/mol. The van der Waals surface area contributed by atoms with E-state index in [0.29, 0.717) is 6.42 Å². The van der Waals surface area contributed by atoms with Crippen LogP contribution in [-0.4, -0.2) is 35.0 Å². The summed E-state index contributed by atoms with van der Waals surface area (Å²) in [6, 6.07) is 14.2. The van der Waals surface area contributed by atoms with E-state index in [1.165, 1.54) is 0 Å². The lowest BCUT2D eigenvalue weighted by Gasteiger charge is -2.17. The molecule has 5 nitrogen and oxygen atoms in total. The van der Waals surface area contributed by atoms with Gasteiger partial charge in [0, 0.05) is 42.4 Å². The van der Waals surface area contributed by atoms with Crippen LogP contribution in [0.5, 0.6) is 0 Å². The van der Waals surface area contributed by atoms with Crippen LogP contribution in [-0.2, 0) is 11.2 Å². The highest BCUT2D eigenvalue weighted by molar-refractivity contribution is 5.89. The van der Waals surface area contributed by atoms with Crippen molar-refractivity contribution in [2.45, 2.75) is 18.9 Å². The zero-order chi connectivity index (χ0) is 16.4. The van der Waals surface area contributed by atoms with E-state index in [1.807, 2.05) is 48.7 Å². The highest BCUT2D eigenvalue weighted by Gasteiger charge is 2.24. The Hall–Kier alpha value is -2.82. The van der Waals surface area contributed by atoms with Crippen molar-refractivity contribution in [1.82, 2.24) is 15.3 Å². The van der Waals surface area contributed by atoms with Crippen molar-refractivity contribution < 1.29 is 4.79 Å². The third-order valence-electron chi connectivity index (χ3n) is 4.55. The van der Waals surface area contributed by atoms with E-state index in [2.05, 4.69) is 20.2 Å². The van der Waals surface area contributed by atoms with Crippen LogP contribution in [0.1, 0.15) is 12.0 Å². The van der Waals surface area contributed by atoms with E-state index in [0.717, 1.165) is 41.8 Å². The molecule has 0 radical (unpaired) electrons. The average Bonchev–Trinajstić information content (AvgIpc) is 3.23. The SMILES string of the molecule is O=C(Cc1c[nH]c2ccccc12)NC1CCN(c2ccccn2)C1. The van der Waals surface area contributed by atoms with Gasteiger partial charge < -0.3 is 15.2 Å². The minimum absolute atomic E-state index is 0.0765. The molecule has 5 heteroatoms. The predicted molar refractivity (Wildman–Crippen MR) is 95.0 cm³/mol. The molecule has 1 fully saturated rings. The van der Waals surface area contributed by atoms with Gasteiger partial charge in [-0.05, 0) is 30.2 Å². The van der Waals surface area contributed by atoms with Crippen molar-refractivity contribution >= 4 is 22.6 Å². The summed E-state index contributed by atoms with van der Waals surface area (Å²) in [6.45, 7) is 1.74. The molecule has 122 valence electrons. The molecule has 0 spiro atoms. The Kier molecular flexibility index (Phi) is 3.91. The van der Waals surface area contributed by atoms with Gasteiger partial charge in [0.25, 0.3) is 0 Å². The van der Waals surface area contributed by atoms with Gasteiger partial charge in [-0.15, -0.1) is 0 Å². The zero-order valence-electron chi connectivity index (χ0n) is 13.4. The summed E-state index contributed by atoms with van der Waals surface area (Å²) in [4.78, 5) is 22.2. The van der Waals surface area contributed by atoms with Crippen molar-refractivity contribution in [1.29, 1.82) is 0 Å². The van der Waals surface area contributed by atoms with Crippen molar-refractivity contribution in [2.24, 2.45) is 0 Å². The van der Waals surface area contributed by atoms with E-state index >= 15 is 0 Å². The van der Waals surface area contributed by atoms with E-state index in [4.69, 9.17) is 0 Å². The first-order chi connectivity index (χ1) is 11.8. The molecule has 2 aromatic heterocycles. The fraction of sp³-hybridized carbons (Fsp3) is 0.263. The molecular formula is C19H20N4O. The number of anilines is 1. The van der Waals surface area contributed by atoms with Gasteiger partial charge in [0.15, 0.2) is 0 Å². The lowest BCUT2D eigenvalue weighted by molar-refractivity contribution is -0.121. The number of nitrogens with zero attached hydrogens (tertiary/aromatic N) is 2. The van der Waals surface area contributed by atoms with Crippen LogP contribution < -0.4 is 10.2 Å². The monoisotopic (exact) mass is 320 g/mol. The maximum atomic E-state index is 12.4. The summed E-state index contributed by atoms with van der Waals surface area (Å²) in [5.41, 5.74) is 2.12. The van der Waals surface area contributed by atoms with Crippen LogP contribution in [0.2, 0.25) is 0 Å². The second kappa shape index (κ2) is 6.35. The Morgan fingerprint density at radius 3 is 3.00 bits per heavy atom. The number of aromatic nitrogens is 2. The number of carbonyl (C=O) groups excluding carboxylic acids is 1. The molecule has 1 aromatic carbocycles. The third-order valence-corrected chi connectivity index (χ3v) is 4.55. The number of benzene rings is 1. The van der Waals surface area contributed by atoms with Crippen LogP contribution >= 0.6 is 0 Å². The predicted octanol–water partition coefficient (Wildman–Crippen LogP) is 2.50. The number of rotatable bonds is 4. The molecule has 2 N–H and O–H groups in total. The largest absolute Gasteiger partial charge is 0.361 e. The molecule has 4 rings (SSSR count). The molecule has 24 heavy (non-hydrogen) atoms. The minimum atomic E-state index is 0.0765.